The number of methoxy groups -OCH3 is 1. The van der Waals surface area contributed by atoms with Crippen LogP contribution in [-0.2, 0) is 0 Å². The first-order valence-corrected chi connectivity index (χ1v) is 11.4. The number of Topliss-reactive ketones (excluding diaryl/α,β-unsaturated/α-hetero) is 1. The number of fused-ring (bicyclic) bond motifs is 1. The van der Waals surface area contributed by atoms with Gasteiger partial charge >= 0.3 is 0 Å². The molecular formula is C25H22ClFN4O4. The Kier molecular flexibility index (Phi) is 6.27. The number of nitrogens with zero attached hydrogens (tertiary/aromatic N) is 2. The third-order valence-electron chi connectivity index (χ3n) is 5.97. The van der Waals surface area contributed by atoms with Gasteiger partial charge in [-0.2, -0.15) is 0 Å². The molecule has 1 fully saturated rings. The fourth-order valence-corrected chi connectivity index (χ4v) is 4.38. The van der Waals surface area contributed by atoms with Gasteiger partial charge in [0, 0.05) is 18.0 Å². The number of anilines is 2. The number of hydrogen-bond donors (Lipinski definition) is 2. The van der Waals surface area contributed by atoms with E-state index in [-0.39, 0.29) is 16.5 Å². The van der Waals surface area contributed by atoms with Crippen molar-refractivity contribution in [3.63, 3.8) is 0 Å². The maximum absolute atomic E-state index is 14.5. The number of ketones is 1. The van der Waals surface area contributed by atoms with Gasteiger partial charge in [-0.05, 0) is 43.7 Å². The van der Waals surface area contributed by atoms with Crippen molar-refractivity contribution >= 4 is 39.8 Å². The Hall–Kier alpha value is -3.69. The summed E-state index contributed by atoms with van der Waals surface area (Å²) in [6.07, 6.45) is 5.49. The molecule has 1 aliphatic rings. The van der Waals surface area contributed by atoms with Crippen molar-refractivity contribution in [3.8, 4) is 11.5 Å². The highest BCUT2D eigenvalue weighted by atomic mass is 35.5. The van der Waals surface area contributed by atoms with Crippen LogP contribution in [0.3, 0.4) is 0 Å². The second-order valence-electron chi connectivity index (χ2n) is 8.19. The number of benzene rings is 2. The van der Waals surface area contributed by atoms with E-state index < -0.39 is 11.4 Å². The molecule has 0 radical (unpaired) electrons. The monoisotopic (exact) mass is 496 g/mol. The summed E-state index contributed by atoms with van der Waals surface area (Å²) >= 11 is 5.93. The standard InChI is InChI=1S/C25H22ClFN4O4/c1-33-20-11-19-16(24(30-14-29-19)31-18-5-2-4-17(26)22(18)27)10-21(20)35-25(7-3-8-28-13-25)23(32)15-6-9-34-12-15/h2,4-6,9-12,14,28H,3,7-8,13H2,1H3,(H,29,30,31)/t25-/m1/s1. The summed E-state index contributed by atoms with van der Waals surface area (Å²) in [4.78, 5) is 22.1. The summed E-state index contributed by atoms with van der Waals surface area (Å²) in [5, 5.41) is 6.78. The number of furan rings is 1. The van der Waals surface area contributed by atoms with Crippen LogP contribution in [0.1, 0.15) is 23.2 Å². The molecule has 5 rings (SSSR count). The number of carbonyl (C=O) groups is 1. The molecule has 0 aliphatic carbocycles. The Morgan fingerprint density at radius 1 is 1.26 bits per heavy atom. The van der Waals surface area contributed by atoms with E-state index in [2.05, 4.69) is 20.6 Å². The first-order chi connectivity index (χ1) is 17.0. The van der Waals surface area contributed by atoms with Crippen molar-refractivity contribution in [2.24, 2.45) is 0 Å². The fourth-order valence-electron chi connectivity index (χ4n) is 4.20. The Morgan fingerprint density at radius 2 is 2.14 bits per heavy atom. The van der Waals surface area contributed by atoms with Crippen LogP contribution in [0.5, 0.6) is 11.5 Å². The van der Waals surface area contributed by atoms with Crippen LogP contribution in [0.4, 0.5) is 15.9 Å². The topological polar surface area (TPSA) is 98.5 Å². The second kappa shape index (κ2) is 9.52. The van der Waals surface area contributed by atoms with E-state index in [0.717, 1.165) is 13.0 Å². The molecule has 2 aromatic heterocycles. The highest BCUT2D eigenvalue weighted by Crippen LogP contribution is 2.39. The van der Waals surface area contributed by atoms with Crippen LogP contribution >= 0.6 is 11.6 Å². The van der Waals surface area contributed by atoms with Gasteiger partial charge in [-0.3, -0.25) is 4.79 Å². The van der Waals surface area contributed by atoms with Crippen LogP contribution < -0.4 is 20.1 Å². The molecule has 3 heterocycles. The van der Waals surface area contributed by atoms with E-state index >= 15 is 0 Å². The number of halogens is 2. The van der Waals surface area contributed by atoms with Gasteiger partial charge in [0.05, 0.1) is 35.2 Å². The van der Waals surface area contributed by atoms with Crippen molar-refractivity contribution in [1.29, 1.82) is 0 Å². The SMILES string of the molecule is COc1cc2ncnc(Nc3cccc(Cl)c3F)c2cc1O[C@]1(C(=O)c2ccoc2)CCCNC1. The highest BCUT2D eigenvalue weighted by molar-refractivity contribution is 6.31. The van der Waals surface area contributed by atoms with E-state index in [1.165, 1.54) is 32.0 Å². The summed E-state index contributed by atoms with van der Waals surface area (Å²) in [5.74, 6) is 0.305. The molecule has 8 nitrogen and oxygen atoms in total. The maximum Gasteiger partial charge on any atom is 0.210 e. The highest BCUT2D eigenvalue weighted by Gasteiger charge is 2.43. The smallest absolute Gasteiger partial charge is 0.210 e. The molecular weight excluding hydrogens is 475 g/mol. The largest absolute Gasteiger partial charge is 0.493 e. The minimum absolute atomic E-state index is 0.0106. The minimum Gasteiger partial charge on any atom is -0.493 e. The normalized spacial score (nSPS) is 17.8. The van der Waals surface area contributed by atoms with Crippen molar-refractivity contribution < 1.29 is 23.1 Å². The van der Waals surface area contributed by atoms with Gasteiger partial charge in [0.15, 0.2) is 22.9 Å². The summed E-state index contributed by atoms with van der Waals surface area (Å²) in [6, 6.07) is 9.66. The van der Waals surface area contributed by atoms with Crippen molar-refractivity contribution in [2.75, 3.05) is 25.5 Å². The molecule has 1 saturated heterocycles. The van der Waals surface area contributed by atoms with Gasteiger partial charge in [-0.1, -0.05) is 17.7 Å². The quantitative estimate of drug-likeness (QED) is 0.339. The third-order valence-corrected chi connectivity index (χ3v) is 6.26. The van der Waals surface area contributed by atoms with Crippen LogP contribution in [0, 0.1) is 5.82 Å². The minimum atomic E-state index is -1.16. The average molecular weight is 497 g/mol. The van der Waals surface area contributed by atoms with Crippen LogP contribution in [-0.4, -0.2) is 41.6 Å². The molecule has 180 valence electrons. The Balaban J connectivity index is 1.58. The van der Waals surface area contributed by atoms with E-state index in [9.17, 15) is 9.18 Å². The third kappa shape index (κ3) is 4.40. The Bertz CT molecular complexity index is 1370. The van der Waals surface area contributed by atoms with Gasteiger partial charge in [-0.15, -0.1) is 0 Å². The van der Waals surface area contributed by atoms with Gasteiger partial charge in [0.2, 0.25) is 5.78 Å². The van der Waals surface area contributed by atoms with E-state index in [1.807, 2.05) is 0 Å². The molecule has 4 aromatic rings. The average Bonchev–Trinajstić information content (AvgIpc) is 3.42. The van der Waals surface area contributed by atoms with Crippen LogP contribution in [0.2, 0.25) is 5.02 Å². The van der Waals surface area contributed by atoms with E-state index in [0.29, 0.717) is 46.7 Å². The summed E-state index contributed by atoms with van der Waals surface area (Å²) in [5.41, 5.74) is -0.0219. The number of rotatable bonds is 7. The number of piperidine rings is 1. The lowest BCUT2D eigenvalue weighted by Crippen LogP contribution is -2.55. The number of nitrogens with one attached hydrogen (secondary N) is 2. The molecule has 35 heavy (non-hydrogen) atoms. The lowest BCUT2D eigenvalue weighted by atomic mass is 9.86. The maximum atomic E-state index is 14.5. The molecule has 0 saturated carbocycles. The van der Waals surface area contributed by atoms with Crippen molar-refractivity contribution in [1.82, 2.24) is 15.3 Å². The molecule has 2 N–H and O–H groups in total. The van der Waals surface area contributed by atoms with Crippen molar-refractivity contribution in [3.05, 3.63) is 71.7 Å². The van der Waals surface area contributed by atoms with Crippen LogP contribution in [0.15, 0.2) is 59.7 Å². The Labute approximate surface area is 205 Å². The zero-order chi connectivity index (χ0) is 24.4. The van der Waals surface area contributed by atoms with Crippen molar-refractivity contribution in [2.45, 2.75) is 18.4 Å². The summed E-state index contributed by atoms with van der Waals surface area (Å²) in [6.45, 7) is 1.11. The first kappa shape index (κ1) is 23.1. The van der Waals surface area contributed by atoms with Gasteiger partial charge in [0.25, 0.3) is 0 Å². The molecule has 2 aromatic carbocycles. The predicted molar refractivity (Wildman–Crippen MR) is 129 cm³/mol. The zero-order valence-electron chi connectivity index (χ0n) is 18.8. The van der Waals surface area contributed by atoms with Gasteiger partial charge in [-0.25, -0.2) is 14.4 Å². The lowest BCUT2D eigenvalue weighted by molar-refractivity contribution is 0.0322. The second-order valence-corrected chi connectivity index (χ2v) is 8.59. The van der Waals surface area contributed by atoms with Gasteiger partial charge < -0.3 is 24.5 Å². The molecule has 0 spiro atoms. The van der Waals surface area contributed by atoms with E-state index in [1.54, 1.807) is 30.3 Å². The number of ether oxygens (including phenoxy) is 2. The molecule has 0 unspecified atom stereocenters. The molecule has 0 bridgehead atoms. The lowest BCUT2D eigenvalue weighted by Gasteiger charge is -2.36. The number of hydrogen-bond acceptors (Lipinski definition) is 8. The zero-order valence-corrected chi connectivity index (χ0v) is 19.6. The predicted octanol–water partition coefficient (Wildman–Crippen LogP) is 5.15. The Morgan fingerprint density at radius 3 is 2.89 bits per heavy atom. The van der Waals surface area contributed by atoms with Gasteiger partial charge in [0.1, 0.15) is 18.4 Å². The molecule has 1 aliphatic heterocycles. The van der Waals surface area contributed by atoms with E-state index in [4.69, 9.17) is 25.5 Å². The number of aromatic nitrogens is 2. The van der Waals surface area contributed by atoms with Crippen LogP contribution in [0.25, 0.3) is 10.9 Å². The summed E-state index contributed by atoms with van der Waals surface area (Å²) in [7, 11) is 1.51. The summed E-state index contributed by atoms with van der Waals surface area (Å²) < 4.78 is 31.7. The first-order valence-electron chi connectivity index (χ1n) is 11.0. The number of carbonyl (C=O) groups excluding carboxylic acids is 1. The fraction of sp³-hybridized carbons (Fsp3) is 0.240. The molecule has 10 heteroatoms. The molecule has 0 amide bonds. The molecule has 1 atom stereocenters.